The molecule has 0 radical (unpaired) electrons. The quantitative estimate of drug-likeness (QED) is 0.702. The Bertz CT molecular complexity index is 869. The molecule has 116 valence electrons. The number of rotatable bonds is 4. The van der Waals surface area contributed by atoms with Crippen LogP contribution in [0.3, 0.4) is 0 Å². The molecule has 0 spiro atoms. The zero-order chi connectivity index (χ0) is 16.2. The molecule has 3 rings (SSSR count). The van der Waals surface area contributed by atoms with Crippen molar-refractivity contribution in [2.45, 2.75) is 11.3 Å². The van der Waals surface area contributed by atoms with Gasteiger partial charge in [0.15, 0.2) is 0 Å². The van der Waals surface area contributed by atoms with Gasteiger partial charge in [-0.3, -0.25) is 14.9 Å². The number of hydrogen-bond acceptors (Lipinski definition) is 4. The largest absolute Gasteiger partial charge is 0.326 e. The van der Waals surface area contributed by atoms with Crippen LogP contribution in [-0.4, -0.2) is 10.9 Å². The molecule has 0 aliphatic heterocycles. The molecule has 1 amide bonds. The number of halogens is 1. The van der Waals surface area contributed by atoms with Crippen molar-refractivity contribution in [3.05, 3.63) is 65.4 Å². The summed E-state index contributed by atoms with van der Waals surface area (Å²) in [5, 5.41) is 11.1. The summed E-state index contributed by atoms with van der Waals surface area (Å²) in [5.74, 6) is -0.130. The summed E-state index contributed by atoms with van der Waals surface area (Å²) in [7, 11) is 0. The maximum atomic E-state index is 12.2. The van der Waals surface area contributed by atoms with Crippen molar-refractivity contribution in [3.63, 3.8) is 0 Å². The Morgan fingerprint density at radius 3 is 2.87 bits per heavy atom. The number of nitrogens with one attached hydrogen (secondary N) is 1. The Morgan fingerprint density at radius 2 is 2.09 bits per heavy atom. The number of amides is 1. The monoisotopic (exact) mass is 343 g/mol. The summed E-state index contributed by atoms with van der Waals surface area (Å²) in [6.07, 6.45) is 3.69. The normalized spacial score (nSPS) is 10.7. The van der Waals surface area contributed by atoms with E-state index in [4.69, 9.17) is 16.7 Å². The van der Waals surface area contributed by atoms with Crippen LogP contribution in [0.2, 0.25) is 5.02 Å². The first-order valence-electron chi connectivity index (χ1n) is 6.95. The Morgan fingerprint density at radius 1 is 1.26 bits per heavy atom. The lowest BCUT2D eigenvalue weighted by molar-refractivity contribution is -0.115. The van der Waals surface area contributed by atoms with E-state index < -0.39 is 0 Å². The molecular formula is C17H14ClN3OS. The molecule has 0 aliphatic rings. The van der Waals surface area contributed by atoms with Crippen molar-refractivity contribution >= 4 is 45.9 Å². The zero-order valence-electron chi connectivity index (χ0n) is 12.1. The molecule has 1 heterocycles. The number of benzene rings is 2. The fourth-order valence-electron chi connectivity index (χ4n) is 2.36. The van der Waals surface area contributed by atoms with Gasteiger partial charge in [0.2, 0.25) is 5.91 Å². The Hall–Kier alpha value is -2.08. The smallest absolute Gasteiger partial charge is 0.228 e. The number of carbonyl (C=O) groups excluding carboxylic acids is 1. The number of carbonyl (C=O) groups is 1. The van der Waals surface area contributed by atoms with Gasteiger partial charge in [-0.05, 0) is 47.2 Å². The number of anilines is 1. The van der Waals surface area contributed by atoms with Crippen LogP contribution >= 0.6 is 23.5 Å². The third-order valence-electron chi connectivity index (χ3n) is 3.43. The predicted octanol–water partition coefficient (Wildman–Crippen LogP) is 4.04. The van der Waals surface area contributed by atoms with E-state index in [1.807, 2.05) is 36.4 Å². The second-order valence-electron chi connectivity index (χ2n) is 5.01. The molecule has 2 aromatic carbocycles. The standard InChI is InChI=1S/C17H14ClN3OS/c18-15-4-2-1-3-11(15)8-17(22)21-13-7-12-10-20-6-5-14(12)16(9-13)23-19/h1-7,9-10H,8,19H2,(H,21,22). The number of fused-ring (bicyclic) bond motifs is 1. The van der Waals surface area contributed by atoms with Crippen LogP contribution in [0.25, 0.3) is 10.8 Å². The molecule has 0 saturated carbocycles. The fraction of sp³-hybridized carbons (Fsp3) is 0.0588. The molecule has 0 unspecified atom stereocenters. The van der Waals surface area contributed by atoms with E-state index in [0.717, 1.165) is 33.2 Å². The molecular weight excluding hydrogens is 330 g/mol. The van der Waals surface area contributed by atoms with Gasteiger partial charge in [0.05, 0.1) is 6.42 Å². The van der Waals surface area contributed by atoms with Crippen molar-refractivity contribution in [3.8, 4) is 0 Å². The van der Waals surface area contributed by atoms with Gasteiger partial charge in [0.1, 0.15) is 0 Å². The number of pyridine rings is 1. The molecule has 0 fully saturated rings. The van der Waals surface area contributed by atoms with Crippen molar-refractivity contribution in [2.75, 3.05) is 5.32 Å². The highest BCUT2D eigenvalue weighted by molar-refractivity contribution is 7.97. The van der Waals surface area contributed by atoms with Crippen LogP contribution in [-0.2, 0) is 11.2 Å². The van der Waals surface area contributed by atoms with Gasteiger partial charge in [0, 0.05) is 33.4 Å². The second kappa shape index (κ2) is 7.00. The topological polar surface area (TPSA) is 68.0 Å². The van der Waals surface area contributed by atoms with E-state index >= 15 is 0 Å². The highest BCUT2D eigenvalue weighted by Gasteiger charge is 2.09. The van der Waals surface area contributed by atoms with Gasteiger partial charge in [0.25, 0.3) is 0 Å². The summed E-state index contributed by atoms with van der Waals surface area (Å²) in [4.78, 5) is 17.2. The molecule has 0 bridgehead atoms. The van der Waals surface area contributed by atoms with E-state index in [1.54, 1.807) is 18.5 Å². The van der Waals surface area contributed by atoms with E-state index in [2.05, 4.69) is 10.3 Å². The van der Waals surface area contributed by atoms with Crippen molar-refractivity contribution in [2.24, 2.45) is 5.14 Å². The van der Waals surface area contributed by atoms with Gasteiger partial charge >= 0.3 is 0 Å². The number of nitrogens with zero attached hydrogens (tertiary/aromatic N) is 1. The summed E-state index contributed by atoms with van der Waals surface area (Å²) >= 11 is 7.23. The van der Waals surface area contributed by atoms with Gasteiger partial charge in [-0.25, -0.2) is 0 Å². The second-order valence-corrected chi connectivity index (χ2v) is 6.09. The first-order valence-corrected chi connectivity index (χ1v) is 8.21. The van der Waals surface area contributed by atoms with E-state index in [-0.39, 0.29) is 12.3 Å². The van der Waals surface area contributed by atoms with Crippen LogP contribution in [0.4, 0.5) is 5.69 Å². The lowest BCUT2D eigenvalue weighted by atomic mass is 10.1. The summed E-state index contributed by atoms with van der Waals surface area (Å²) < 4.78 is 0. The van der Waals surface area contributed by atoms with Crippen LogP contribution in [0.5, 0.6) is 0 Å². The van der Waals surface area contributed by atoms with Crippen LogP contribution in [0.1, 0.15) is 5.56 Å². The van der Waals surface area contributed by atoms with E-state index in [0.29, 0.717) is 10.7 Å². The van der Waals surface area contributed by atoms with E-state index in [1.165, 1.54) is 0 Å². The minimum Gasteiger partial charge on any atom is -0.326 e. The van der Waals surface area contributed by atoms with Crippen molar-refractivity contribution in [1.82, 2.24) is 4.98 Å². The third kappa shape index (κ3) is 3.64. The van der Waals surface area contributed by atoms with Gasteiger partial charge in [-0.15, -0.1) is 0 Å². The first kappa shape index (κ1) is 15.8. The van der Waals surface area contributed by atoms with Crippen molar-refractivity contribution in [1.29, 1.82) is 0 Å². The fourth-order valence-corrected chi connectivity index (χ4v) is 3.07. The summed E-state index contributed by atoms with van der Waals surface area (Å²) in [6.45, 7) is 0. The summed E-state index contributed by atoms with van der Waals surface area (Å²) in [6, 6.07) is 13.0. The van der Waals surface area contributed by atoms with Crippen LogP contribution in [0, 0.1) is 0 Å². The van der Waals surface area contributed by atoms with Gasteiger partial charge in [-0.1, -0.05) is 29.8 Å². The van der Waals surface area contributed by atoms with Gasteiger partial charge in [-0.2, -0.15) is 0 Å². The van der Waals surface area contributed by atoms with Crippen molar-refractivity contribution < 1.29 is 4.79 Å². The number of aromatic nitrogens is 1. The lowest BCUT2D eigenvalue weighted by Crippen LogP contribution is -2.14. The van der Waals surface area contributed by atoms with Crippen LogP contribution in [0.15, 0.2) is 59.8 Å². The maximum absolute atomic E-state index is 12.2. The predicted molar refractivity (Wildman–Crippen MR) is 95.6 cm³/mol. The highest BCUT2D eigenvalue weighted by Crippen LogP contribution is 2.28. The molecule has 6 heteroatoms. The summed E-state index contributed by atoms with van der Waals surface area (Å²) in [5.41, 5.74) is 1.48. The minimum absolute atomic E-state index is 0.130. The zero-order valence-corrected chi connectivity index (χ0v) is 13.7. The SMILES string of the molecule is NSc1cc(NC(=O)Cc2ccccc2Cl)cc2cnccc12. The van der Waals surface area contributed by atoms with E-state index in [9.17, 15) is 4.79 Å². The Balaban J connectivity index is 1.84. The molecule has 0 atom stereocenters. The molecule has 23 heavy (non-hydrogen) atoms. The molecule has 1 aromatic heterocycles. The maximum Gasteiger partial charge on any atom is 0.228 e. The molecule has 3 N–H and O–H groups in total. The Kier molecular flexibility index (Phi) is 4.81. The molecule has 4 nitrogen and oxygen atoms in total. The molecule has 0 saturated heterocycles. The number of hydrogen-bond donors (Lipinski definition) is 2. The number of nitrogens with two attached hydrogens (primary N) is 1. The van der Waals surface area contributed by atoms with Crippen LogP contribution < -0.4 is 10.5 Å². The van der Waals surface area contributed by atoms with Gasteiger partial charge < -0.3 is 5.32 Å². The highest BCUT2D eigenvalue weighted by atomic mass is 35.5. The Labute approximate surface area is 143 Å². The molecule has 0 aliphatic carbocycles. The minimum atomic E-state index is -0.130. The first-order chi connectivity index (χ1) is 11.2. The third-order valence-corrected chi connectivity index (χ3v) is 4.39. The average molecular weight is 344 g/mol. The average Bonchev–Trinajstić information content (AvgIpc) is 2.56. The lowest BCUT2D eigenvalue weighted by Gasteiger charge is -2.10. The molecule has 3 aromatic rings.